The Balaban J connectivity index is 2.26. The molecule has 1 aromatic carbocycles. The number of benzene rings is 1. The van der Waals surface area contributed by atoms with Crippen molar-refractivity contribution >= 4 is 5.91 Å². The molecule has 0 fully saturated rings. The Hall–Kier alpha value is -1.39. The second kappa shape index (κ2) is 8.72. The van der Waals surface area contributed by atoms with Gasteiger partial charge in [0.15, 0.2) is 0 Å². The lowest BCUT2D eigenvalue weighted by Gasteiger charge is -2.31. The molecule has 0 bridgehead atoms. The number of carbonyl (C=O) groups excluding carboxylic acids is 1. The molecular weight excluding hydrogens is 252 g/mol. The summed E-state index contributed by atoms with van der Waals surface area (Å²) in [6, 6.07) is 10.1. The van der Waals surface area contributed by atoms with Crippen molar-refractivity contribution in [3.63, 3.8) is 0 Å². The number of ether oxygens (including phenoxy) is 1. The first-order valence-corrected chi connectivity index (χ1v) is 7.28. The maximum atomic E-state index is 11.9. The molecule has 0 unspecified atom stereocenters. The van der Waals surface area contributed by atoms with E-state index >= 15 is 0 Å². The molecule has 3 N–H and O–H groups in total. The molecule has 0 aliphatic carbocycles. The van der Waals surface area contributed by atoms with Gasteiger partial charge in [0.1, 0.15) is 6.61 Å². The molecule has 0 saturated carbocycles. The van der Waals surface area contributed by atoms with Crippen molar-refractivity contribution in [2.45, 2.75) is 38.6 Å². The molecule has 0 spiro atoms. The minimum absolute atomic E-state index is 0.0905. The highest BCUT2D eigenvalue weighted by Crippen LogP contribution is 2.12. The molecule has 4 heteroatoms. The maximum Gasteiger partial charge on any atom is 0.246 e. The first-order valence-electron chi connectivity index (χ1n) is 7.28. The molecule has 1 amide bonds. The average molecular weight is 278 g/mol. The zero-order valence-corrected chi connectivity index (χ0v) is 12.5. The van der Waals surface area contributed by atoms with Crippen LogP contribution in [0.25, 0.3) is 0 Å². The summed E-state index contributed by atoms with van der Waals surface area (Å²) in [6.07, 6.45) is 2.48. The fourth-order valence-corrected chi connectivity index (χ4v) is 2.10. The van der Waals surface area contributed by atoms with E-state index in [1.165, 1.54) is 5.56 Å². The van der Waals surface area contributed by atoms with Crippen LogP contribution < -0.4 is 11.1 Å². The van der Waals surface area contributed by atoms with Crippen LogP contribution in [0.15, 0.2) is 30.3 Å². The van der Waals surface area contributed by atoms with E-state index in [-0.39, 0.29) is 18.1 Å². The first kappa shape index (κ1) is 16.7. The van der Waals surface area contributed by atoms with Crippen LogP contribution in [-0.2, 0) is 16.0 Å². The molecule has 20 heavy (non-hydrogen) atoms. The van der Waals surface area contributed by atoms with Crippen LogP contribution in [-0.4, -0.2) is 31.2 Å². The molecule has 0 aromatic heterocycles. The van der Waals surface area contributed by atoms with Crippen LogP contribution >= 0.6 is 0 Å². The van der Waals surface area contributed by atoms with E-state index in [2.05, 4.69) is 17.4 Å². The lowest BCUT2D eigenvalue weighted by atomic mass is 9.93. The van der Waals surface area contributed by atoms with Crippen molar-refractivity contribution in [1.82, 2.24) is 5.32 Å². The Morgan fingerprint density at radius 3 is 2.45 bits per heavy atom. The van der Waals surface area contributed by atoms with E-state index in [1.54, 1.807) is 0 Å². The Kier molecular flexibility index (Phi) is 7.26. The Morgan fingerprint density at radius 1 is 1.25 bits per heavy atom. The predicted octanol–water partition coefficient (Wildman–Crippen LogP) is 1.88. The third-order valence-electron chi connectivity index (χ3n) is 3.76. The fourth-order valence-electron chi connectivity index (χ4n) is 2.10. The van der Waals surface area contributed by atoms with Gasteiger partial charge in [0.05, 0.1) is 12.1 Å². The van der Waals surface area contributed by atoms with Gasteiger partial charge in [-0.25, -0.2) is 0 Å². The summed E-state index contributed by atoms with van der Waals surface area (Å²) in [5.41, 5.74) is 6.67. The first-order chi connectivity index (χ1) is 9.65. The predicted molar refractivity (Wildman–Crippen MR) is 81.5 cm³/mol. The SMILES string of the molecule is CCC(CC)(CN)NC(=O)COCCc1ccccc1. The number of nitrogens with one attached hydrogen (secondary N) is 1. The summed E-state index contributed by atoms with van der Waals surface area (Å²) in [5.74, 6) is -0.0905. The normalized spacial score (nSPS) is 11.3. The highest BCUT2D eigenvalue weighted by molar-refractivity contribution is 5.78. The molecular formula is C16H26N2O2. The third kappa shape index (κ3) is 5.31. The van der Waals surface area contributed by atoms with Gasteiger partial charge in [-0.05, 0) is 24.8 Å². The highest BCUT2D eigenvalue weighted by atomic mass is 16.5. The van der Waals surface area contributed by atoms with E-state index in [0.29, 0.717) is 13.2 Å². The van der Waals surface area contributed by atoms with Crippen molar-refractivity contribution in [2.75, 3.05) is 19.8 Å². The molecule has 4 nitrogen and oxygen atoms in total. The van der Waals surface area contributed by atoms with Crippen molar-refractivity contribution in [3.05, 3.63) is 35.9 Å². The Morgan fingerprint density at radius 2 is 1.90 bits per heavy atom. The number of hydrogen-bond acceptors (Lipinski definition) is 3. The summed E-state index contributed by atoms with van der Waals surface area (Å²) in [4.78, 5) is 11.9. The zero-order chi connectivity index (χ0) is 14.8. The smallest absolute Gasteiger partial charge is 0.246 e. The molecule has 0 aliphatic heterocycles. The quantitative estimate of drug-likeness (QED) is 0.678. The number of carbonyl (C=O) groups is 1. The third-order valence-corrected chi connectivity index (χ3v) is 3.76. The van der Waals surface area contributed by atoms with Crippen LogP contribution in [0.1, 0.15) is 32.3 Å². The van der Waals surface area contributed by atoms with Gasteiger partial charge in [0, 0.05) is 6.54 Å². The van der Waals surface area contributed by atoms with E-state index in [1.807, 2.05) is 32.0 Å². The van der Waals surface area contributed by atoms with Crippen molar-refractivity contribution in [2.24, 2.45) is 5.73 Å². The fraction of sp³-hybridized carbons (Fsp3) is 0.562. The van der Waals surface area contributed by atoms with Crippen LogP contribution in [0.5, 0.6) is 0 Å². The maximum absolute atomic E-state index is 11.9. The number of amides is 1. The minimum Gasteiger partial charge on any atom is -0.371 e. The summed E-state index contributed by atoms with van der Waals surface area (Å²) >= 11 is 0. The van der Waals surface area contributed by atoms with Gasteiger partial charge in [-0.1, -0.05) is 44.2 Å². The standard InChI is InChI=1S/C16H26N2O2/c1-3-16(4-2,13-17)18-15(19)12-20-11-10-14-8-6-5-7-9-14/h5-9H,3-4,10-13,17H2,1-2H3,(H,18,19). The van der Waals surface area contributed by atoms with Crippen LogP contribution in [0.2, 0.25) is 0 Å². The van der Waals surface area contributed by atoms with Gasteiger partial charge >= 0.3 is 0 Å². The van der Waals surface area contributed by atoms with E-state index in [9.17, 15) is 4.79 Å². The second-order valence-electron chi connectivity index (χ2n) is 5.03. The Labute approximate surface area is 121 Å². The van der Waals surface area contributed by atoms with E-state index in [4.69, 9.17) is 10.5 Å². The topological polar surface area (TPSA) is 64.3 Å². The van der Waals surface area contributed by atoms with Gasteiger partial charge in [-0.3, -0.25) is 4.79 Å². The van der Waals surface area contributed by atoms with Gasteiger partial charge < -0.3 is 15.8 Å². The summed E-state index contributed by atoms with van der Waals surface area (Å²) in [5, 5.41) is 2.99. The molecule has 0 saturated heterocycles. The minimum atomic E-state index is -0.292. The largest absolute Gasteiger partial charge is 0.371 e. The van der Waals surface area contributed by atoms with Crippen molar-refractivity contribution in [3.8, 4) is 0 Å². The number of hydrogen-bond donors (Lipinski definition) is 2. The van der Waals surface area contributed by atoms with Crippen LogP contribution in [0.4, 0.5) is 0 Å². The number of rotatable bonds is 9. The molecule has 1 aromatic rings. The van der Waals surface area contributed by atoms with E-state index < -0.39 is 0 Å². The van der Waals surface area contributed by atoms with Gasteiger partial charge in [0.25, 0.3) is 0 Å². The highest BCUT2D eigenvalue weighted by Gasteiger charge is 2.25. The molecule has 112 valence electrons. The molecule has 0 atom stereocenters. The van der Waals surface area contributed by atoms with Gasteiger partial charge in [-0.15, -0.1) is 0 Å². The average Bonchev–Trinajstić information content (AvgIpc) is 2.50. The monoisotopic (exact) mass is 278 g/mol. The zero-order valence-electron chi connectivity index (χ0n) is 12.5. The summed E-state index contributed by atoms with van der Waals surface area (Å²) in [6.45, 7) is 5.16. The lowest BCUT2D eigenvalue weighted by molar-refractivity contribution is -0.127. The molecule has 0 heterocycles. The van der Waals surface area contributed by atoms with Gasteiger partial charge in [0.2, 0.25) is 5.91 Å². The lowest BCUT2D eigenvalue weighted by Crippen LogP contribution is -2.53. The molecule has 0 aliphatic rings. The van der Waals surface area contributed by atoms with Crippen molar-refractivity contribution < 1.29 is 9.53 Å². The van der Waals surface area contributed by atoms with Crippen molar-refractivity contribution in [1.29, 1.82) is 0 Å². The summed E-state index contributed by atoms with van der Waals surface area (Å²) in [7, 11) is 0. The van der Waals surface area contributed by atoms with Crippen LogP contribution in [0, 0.1) is 0 Å². The molecule has 1 rings (SSSR count). The van der Waals surface area contributed by atoms with E-state index in [0.717, 1.165) is 19.3 Å². The van der Waals surface area contributed by atoms with Gasteiger partial charge in [-0.2, -0.15) is 0 Å². The summed E-state index contributed by atoms with van der Waals surface area (Å²) < 4.78 is 5.43. The van der Waals surface area contributed by atoms with Crippen LogP contribution in [0.3, 0.4) is 0 Å². The Bertz CT molecular complexity index is 380. The number of nitrogens with two attached hydrogens (primary N) is 1. The second-order valence-corrected chi connectivity index (χ2v) is 5.03. The molecule has 0 radical (unpaired) electrons.